The molecule has 2 unspecified atom stereocenters. The minimum atomic E-state index is -0.0643. The summed E-state index contributed by atoms with van der Waals surface area (Å²) in [7, 11) is 3.48. The quantitative estimate of drug-likeness (QED) is 0.634. The molecule has 1 amide bonds. The van der Waals surface area contributed by atoms with E-state index in [-0.39, 0.29) is 5.91 Å². The summed E-state index contributed by atoms with van der Waals surface area (Å²) in [4.78, 5) is 18.5. The number of carbonyl (C=O) groups is 1. The molecule has 1 saturated heterocycles. The molecule has 5 heteroatoms. The number of aliphatic imine (C=N–C) groups is 1. The number of hydrogen-bond acceptors (Lipinski definition) is 2. The zero-order valence-electron chi connectivity index (χ0n) is 17.0. The lowest BCUT2D eigenvalue weighted by Crippen LogP contribution is -2.47. The maximum absolute atomic E-state index is 11.7. The zero-order valence-corrected chi connectivity index (χ0v) is 17.0. The lowest BCUT2D eigenvalue weighted by molar-refractivity contribution is 0.0963. The lowest BCUT2D eigenvalue weighted by Gasteiger charge is -2.39. The van der Waals surface area contributed by atoms with Crippen molar-refractivity contribution >= 4 is 11.9 Å². The third-order valence-corrected chi connectivity index (χ3v) is 5.54. The second-order valence-corrected chi connectivity index (χ2v) is 7.41. The van der Waals surface area contributed by atoms with Crippen LogP contribution in [0.25, 0.3) is 0 Å². The van der Waals surface area contributed by atoms with Crippen LogP contribution in [0.2, 0.25) is 0 Å². The summed E-state index contributed by atoms with van der Waals surface area (Å²) in [5, 5.41) is 6.11. The number of nitrogens with zero attached hydrogens (tertiary/aromatic N) is 2. The van der Waals surface area contributed by atoms with Gasteiger partial charge in [-0.3, -0.25) is 9.79 Å². The topological polar surface area (TPSA) is 56.7 Å². The van der Waals surface area contributed by atoms with Gasteiger partial charge in [0, 0.05) is 39.3 Å². The number of piperidine rings is 1. The molecule has 1 aliphatic heterocycles. The smallest absolute Gasteiger partial charge is 0.251 e. The van der Waals surface area contributed by atoms with Crippen molar-refractivity contribution in [1.29, 1.82) is 0 Å². The molecule has 0 bridgehead atoms. The standard InChI is InChI=1S/C23H30N4O/c1-17-16-27(14-13-21(17)19-7-5-4-6-8-19)23(25-3)26-15-18-9-11-20(12-10-18)22(28)24-2/h4-12,17,21H,13-16H2,1-3H3,(H,24,28)(H,25,26). The Morgan fingerprint density at radius 1 is 1.14 bits per heavy atom. The lowest BCUT2D eigenvalue weighted by atomic mass is 9.82. The molecule has 5 nitrogen and oxygen atoms in total. The summed E-state index contributed by atoms with van der Waals surface area (Å²) in [6.45, 7) is 5.01. The highest BCUT2D eigenvalue weighted by Crippen LogP contribution is 2.32. The van der Waals surface area contributed by atoms with Crippen LogP contribution in [0.3, 0.4) is 0 Å². The average Bonchev–Trinajstić information content (AvgIpc) is 2.75. The highest BCUT2D eigenvalue weighted by molar-refractivity contribution is 5.93. The molecular weight excluding hydrogens is 348 g/mol. The van der Waals surface area contributed by atoms with E-state index in [2.05, 4.69) is 57.8 Å². The van der Waals surface area contributed by atoms with Crippen LogP contribution < -0.4 is 10.6 Å². The second-order valence-electron chi connectivity index (χ2n) is 7.41. The van der Waals surface area contributed by atoms with Gasteiger partial charge in [-0.15, -0.1) is 0 Å². The molecule has 2 aromatic rings. The van der Waals surface area contributed by atoms with E-state index in [4.69, 9.17) is 0 Å². The predicted octanol–water partition coefficient (Wildman–Crippen LogP) is 3.25. The van der Waals surface area contributed by atoms with Gasteiger partial charge in [0.25, 0.3) is 5.91 Å². The molecule has 0 spiro atoms. The number of likely N-dealkylation sites (tertiary alicyclic amines) is 1. The largest absolute Gasteiger partial charge is 0.355 e. The monoisotopic (exact) mass is 378 g/mol. The van der Waals surface area contributed by atoms with Gasteiger partial charge in [-0.2, -0.15) is 0 Å². The number of benzene rings is 2. The van der Waals surface area contributed by atoms with Gasteiger partial charge in [0.2, 0.25) is 0 Å². The van der Waals surface area contributed by atoms with Gasteiger partial charge in [0.1, 0.15) is 0 Å². The van der Waals surface area contributed by atoms with Crippen molar-refractivity contribution < 1.29 is 4.79 Å². The van der Waals surface area contributed by atoms with Crippen LogP contribution >= 0.6 is 0 Å². The fourth-order valence-corrected chi connectivity index (χ4v) is 3.97. The van der Waals surface area contributed by atoms with Crippen molar-refractivity contribution in [2.24, 2.45) is 10.9 Å². The van der Waals surface area contributed by atoms with Crippen molar-refractivity contribution in [2.45, 2.75) is 25.8 Å². The van der Waals surface area contributed by atoms with Gasteiger partial charge in [-0.05, 0) is 41.5 Å². The van der Waals surface area contributed by atoms with E-state index in [9.17, 15) is 4.79 Å². The zero-order chi connectivity index (χ0) is 19.9. The molecule has 2 aromatic carbocycles. The molecule has 0 saturated carbocycles. The third kappa shape index (κ3) is 4.71. The van der Waals surface area contributed by atoms with E-state index in [0.29, 0.717) is 23.9 Å². The van der Waals surface area contributed by atoms with Crippen LogP contribution in [0, 0.1) is 5.92 Å². The number of carbonyl (C=O) groups excluding carboxylic acids is 1. The predicted molar refractivity (Wildman–Crippen MR) is 115 cm³/mol. The Morgan fingerprint density at radius 3 is 2.46 bits per heavy atom. The van der Waals surface area contributed by atoms with E-state index < -0.39 is 0 Å². The Bertz CT molecular complexity index is 801. The molecule has 148 valence electrons. The number of hydrogen-bond donors (Lipinski definition) is 2. The molecule has 0 aromatic heterocycles. The Balaban J connectivity index is 1.57. The van der Waals surface area contributed by atoms with E-state index in [0.717, 1.165) is 31.0 Å². The molecule has 1 fully saturated rings. The molecule has 28 heavy (non-hydrogen) atoms. The van der Waals surface area contributed by atoms with Crippen molar-refractivity contribution in [1.82, 2.24) is 15.5 Å². The van der Waals surface area contributed by atoms with Gasteiger partial charge in [0.15, 0.2) is 5.96 Å². The third-order valence-electron chi connectivity index (χ3n) is 5.54. The van der Waals surface area contributed by atoms with Crippen LogP contribution in [-0.2, 0) is 6.54 Å². The van der Waals surface area contributed by atoms with Gasteiger partial charge < -0.3 is 15.5 Å². The van der Waals surface area contributed by atoms with Crippen LogP contribution in [0.1, 0.15) is 40.7 Å². The fourth-order valence-electron chi connectivity index (χ4n) is 3.97. The Morgan fingerprint density at radius 2 is 1.86 bits per heavy atom. The minimum Gasteiger partial charge on any atom is -0.355 e. The summed E-state index contributed by atoms with van der Waals surface area (Å²) >= 11 is 0. The Labute approximate surface area is 167 Å². The molecule has 0 aliphatic carbocycles. The average molecular weight is 379 g/mol. The molecule has 2 N–H and O–H groups in total. The number of amides is 1. The molecule has 1 aliphatic rings. The Hall–Kier alpha value is -2.82. The number of nitrogens with one attached hydrogen (secondary N) is 2. The van der Waals surface area contributed by atoms with Crippen molar-refractivity contribution in [3.05, 3.63) is 71.3 Å². The summed E-state index contributed by atoms with van der Waals surface area (Å²) < 4.78 is 0. The maximum atomic E-state index is 11.7. The molecule has 3 rings (SSSR count). The first-order chi connectivity index (χ1) is 13.6. The first kappa shape index (κ1) is 19.9. The maximum Gasteiger partial charge on any atom is 0.251 e. The first-order valence-corrected chi connectivity index (χ1v) is 9.94. The van der Waals surface area contributed by atoms with E-state index in [1.54, 1.807) is 7.05 Å². The highest BCUT2D eigenvalue weighted by atomic mass is 16.1. The molecule has 2 atom stereocenters. The van der Waals surface area contributed by atoms with Gasteiger partial charge in [-0.25, -0.2) is 0 Å². The van der Waals surface area contributed by atoms with Crippen LogP contribution in [0.5, 0.6) is 0 Å². The second kappa shape index (κ2) is 9.40. The summed E-state index contributed by atoms with van der Waals surface area (Å²) in [5.41, 5.74) is 3.24. The fraction of sp³-hybridized carbons (Fsp3) is 0.391. The number of guanidine groups is 1. The van der Waals surface area contributed by atoms with Crippen molar-refractivity contribution in [2.75, 3.05) is 27.2 Å². The first-order valence-electron chi connectivity index (χ1n) is 9.94. The molecular formula is C23H30N4O. The summed E-state index contributed by atoms with van der Waals surface area (Å²) in [5.74, 6) is 2.05. The molecule has 1 heterocycles. The normalized spacial score (nSPS) is 20.0. The van der Waals surface area contributed by atoms with E-state index in [1.165, 1.54) is 5.56 Å². The van der Waals surface area contributed by atoms with Crippen LogP contribution in [-0.4, -0.2) is 44.0 Å². The number of rotatable bonds is 4. The van der Waals surface area contributed by atoms with E-state index >= 15 is 0 Å². The Kier molecular flexibility index (Phi) is 6.69. The van der Waals surface area contributed by atoms with E-state index in [1.807, 2.05) is 31.3 Å². The minimum absolute atomic E-state index is 0.0643. The summed E-state index contributed by atoms with van der Waals surface area (Å²) in [6.07, 6.45) is 1.13. The van der Waals surface area contributed by atoms with Crippen LogP contribution in [0.15, 0.2) is 59.6 Å². The van der Waals surface area contributed by atoms with Gasteiger partial charge >= 0.3 is 0 Å². The van der Waals surface area contributed by atoms with Gasteiger partial charge in [-0.1, -0.05) is 49.4 Å². The summed E-state index contributed by atoms with van der Waals surface area (Å²) in [6, 6.07) is 18.5. The van der Waals surface area contributed by atoms with Crippen molar-refractivity contribution in [3.8, 4) is 0 Å². The van der Waals surface area contributed by atoms with Crippen LogP contribution in [0.4, 0.5) is 0 Å². The van der Waals surface area contributed by atoms with Crippen molar-refractivity contribution in [3.63, 3.8) is 0 Å². The highest BCUT2D eigenvalue weighted by Gasteiger charge is 2.28. The SMILES string of the molecule is CN=C(NCc1ccc(C(=O)NC)cc1)N1CCC(c2ccccc2)C(C)C1. The molecule has 0 radical (unpaired) electrons. The van der Waals surface area contributed by atoms with Gasteiger partial charge in [0.05, 0.1) is 0 Å².